The van der Waals surface area contributed by atoms with E-state index in [0.29, 0.717) is 0 Å². The van der Waals surface area contributed by atoms with Crippen molar-refractivity contribution >= 4 is 20.3 Å². The van der Waals surface area contributed by atoms with Crippen molar-refractivity contribution < 1.29 is 12.8 Å². The molecule has 75 valence electrons. The van der Waals surface area contributed by atoms with Crippen molar-refractivity contribution in [2.75, 3.05) is 0 Å². The van der Waals surface area contributed by atoms with Crippen molar-refractivity contribution in [2.24, 2.45) is 5.41 Å². The summed E-state index contributed by atoms with van der Waals surface area (Å²) in [6, 6.07) is 0. The van der Waals surface area contributed by atoms with Gasteiger partial charge in [0.1, 0.15) is 0 Å². The SMILES string of the molecule is [C-]#[N+]C(C)(C)CC(C)(C)C.[Cu+][I]. The molecule has 0 aromatic rings. The molecule has 0 atom stereocenters. The molecule has 0 N–H and O–H groups in total. The van der Waals surface area contributed by atoms with E-state index in [2.05, 4.69) is 38.4 Å². The molecule has 0 aliphatic rings. The average Bonchev–Trinajstić information content (AvgIpc) is 1.88. The molecule has 0 bridgehead atoms. The van der Waals surface area contributed by atoms with Crippen LogP contribution in [0, 0.1) is 12.0 Å². The van der Waals surface area contributed by atoms with E-state index in [4.69, 9.17) is 6.57 Å². The van der Waals surface area contributed by atoms with Gasteiger partial charge in [-0.15, -0.1) is 0 Å². The first-order valence-corrected chi connectivity index (χ1v) is 6.81. The van der Waals surface area contributed by atoms with Crippen LogP contribution in [0.1, 0.15) is 41.0 Å². The van der Waals surface area contributed by atoms with Gasteiger partial charge in [0.25, 0.3) is 0 Å². The Morgan fingerprint density at radius 1 is 1.17 bits per heavy atom. The van der Waals surface area contributed by atoms with Crippen molar-refractivity contribution in [3.63, 3.8) is 0 Å². The van der Waals surface area contributed by atoms with E-state index < -0.39 is 0 Å². The summed E-state index contributed by atoms with van der Waals surface area (Å²) < 4.78 is 0. The van der Waals surface area contributed by atoms with Crippen LogP contribution in [-0.4, -0.2) is 5.54 Å². The van der Waals surface area contributed by atoms with Crippen LogP contribution in [0.25, 0.3) is 4.85 Å². The van der Waals surface area contributed by atoms with Gasteiger partial charge in [-0.05, 0) is 5.41 Å². The predicted octanol–water partition coefficient (Wildman–Crippen LogP) is 4.00. The molecule has 3 heteroatoms. The molecule has 0 aromatic carbocycles. The number of rotatable bonds is 1. The quantitative estimate of drug-likeness (QED) is 0.389. The van der Waals surface area contributed by atoms with E-state index in [1.54, 1.807) is 20.3 Å². The second-order valence-electron chi connectivity index (χ2n) is 4.66. The second kappa shape index (κ2) is 6.23. The molecule has 0 amide bonds. The van der Waals surface area contributed by atoms with Gasteiger partial charge in [0, 0.05) is 20.3 Å². The van der Waals surface area contributed by atoms with Gasteiger partial charge in [0.05, 0.1) is 0 Å². The van der Waals surface area contributed by atoms with Gasteiger partial charge in [0.2, 0.25) is 5.54 Å². The zero-order valence-corrected chi connectivity index (χ0v) is 11.4. The van der Waals surface area contributed by atoms with Gasteiger partial charge in [-0.2, -0.15) is 0 Å². The molecule has 0 aliphatic heterocycles. The fraction of sp³-hybridized carbons (Fsp3) is 0.889. The molecule has 0 aromatic heterocycles. The Balaban J connectivity index is 0. The Kier molecular flexibility index (Phi) is 7.91. The monoisotopic (exact) mass is 329 g/mol. The first-order chi connectivity index (χ1) is 5.27. The molecular weight excluding hydrogens is 313 g/mol. The van der Waals surface area contributed by atoms with Crippen molar-refractivity contribution in [1.82, 2.24) is 0 Å². The molecule has 0 aliphatic carbocycles. The Labute approximate surface area is 96.1 Å². The summed E-state index contributed by atoms with van der Waals surface area (Å²) in [5.74, 6) is 0. The van der Waals surface area contributed by atoms with Crippen molar-refractivity contribution in [2.45, 2.75) is 46.6 Å². The first kappa shape index (κ1) is 15.2. The molecule has 0 heterocycles. The van der Waals surface area contributed by atoms with Gasteiger partial charge in [-0.1, -0.05) is 20.8 Å². The van der Waals surface area contributed by atoms with Crippen LogP contribution in [0.5, 0.6) is 0 Å². The maximum absolute atomic E-state index is 6.91. The third-order valence-corrected chi connectivity index (χ3v) is 1.27. The molecule has 12 heavy (non-hydrogen) atoms. The average molecular weight is 330 g/mol. The van der Waals surface area contributed by atoms with Crippen LogP contribution in [0.4, 0.5) is 0 Å². The van der Waals surface area contributed by atoms with E-state index >= 15 is 0 Å². The van der Waals surface area contributed by atoms with Crippen LogP contribution in [0.3, 0.4) is 0 Å². The van der Waals surface area contributed by atoms with Crippen molar-refractivity contribution in [3.8, 4) is 0 Å². The van der Waals surface area contributed by atoms with E-state index in [1.165, 1.54) is 0 Å². The number of hydrogen-bond donors (Lipinski definition) is 0. The minimum atomic E-state index is -0.182. The summed E-state index contributed by atoms with van der Waals surface area (Å²) in [6.45, 7) is 17.4. The predicted molar refractivity (Wildman–Crippen MR) is 58.8 cm³/mol. The summed E-state index contributed by atoms with van der Waals surface area (Å²) in [4.78, 5) is 3.56. The maximum atomic E-state index is 6.91. The van der Waals surface area contributed by atoms with E-state index in [0.717, 1.165) is 6.42 Å². The van der Waals surface area contributed by atoms with Gasteiger partial charge in [-0.3, -0.25) is 0 Å². The van der Waals surface area contributed by atoms with E-state index in [9.17, 15) is 0 Å². The Hall–Kier alpha value is 0.739. The summed E-state index contributed by atoms with van der Waals surface area (Å²) in [6.07, 6.45) is 0.962. The Morgan fingerprint density at radius 3 is 1.58 bits per heavy atom. The van der Waals surface area contributed by atoms with E-state index in [-0.39, 0.29) is 11.0 Å². The molecule has 0 radical (unpaired) electrons. The Morgan fingerprint density at radius 2 is 1.50 bits per heavy atom. The van der Waals surface area contributed by atoms with Crippen molar-refractivity contribution in [1.29, 1.82) is 0 Å². The molecule has 0 saturated heterocycles. The molecule has 0 fully saturated rings. The number of halogens is 1. The molecule has 0 rings (SSSR count). The molecule has 0 spiro atoms. The summed E-state index contributed by atoms with van der Waals surface area (Å²) in [7, 11) is 0. The van der Waals surface area contributed by atoms with Crippen LogP contribution in [0.2, 0.25) is 0 Å². The number of nitrogens with zero attached hydrogens (tertiary/aromatic N) is 1. The zero-order valence-electron chi connectivity index (χ0n) is 8.33. The van der Waals surface area contributed by atoms with Crippen LogP contribution < -0.4 is 0 Å². The molecule has 0 unspecified atom stereocenters. The standard InChI is InChI=1S/C9H17N.Cu.HI/c1-8(2,3)7-9(4,5)10-6;;/h7H2,1-5H3;;1H/q;+2;/p-1. The van der Waals surface area contributed by atoms with Crippen LogP contribution in [-0.2, 0) is 12.8 Å². The summed E-state index contributed by atoms with van der Waals surface area (Å²) >= 11 is 5.87. The van der Waals surface area contributed by atoms with E-state index in [1.807, 2.05) is 13.8 Å². The summed E-state index contributed by atoms with van der Waals surface area (Å²) in [5, 5.41) is 0. The number of hydrogen-bond acceptors (Lipinski definition) is 0. The second-order valence-corrected chi connectivity index (χ2v) is 4.66. The third kappa shape index (κ3) is 10.7. The van der Waals surface area contributed by atoms with Gasteiger partial charge >= 0.3 is 33.1 Å². The zero-order chi connectivity index (χ0) is 10.4. The molecule has 1 nitrogen and oxygen atoms in total. The van der Waals surface area contributed by atoms with Gasteiger partial charge < -0.3 is 4.85 Å². The fourth-order valence-corrected chi connectivity index (χ4v) is 1.34. The molecular formula is C9H17CuIN+. The molecule has 0 saturated carbocycles. The van der Waals surface area contributed by atoms with Crippen molar-refractivity contribution in [3.05, 3.63) is 11.4 Å². The van der Waals surface area contributed by atoms with Crippen LogP contribution >= 0.6 is 20.3 Å². The fourth-order valence-electron chi connectivity index (χ4n) is 1.34. The van der Waals surface area contributed by atoms with Gasteiger partial charge in [0.15, 0.2) is 0 Å². The Bertz CT molecular complexity index is 153. The summed E-state index contributed by atoms with van der Waals surface area (Å²) in [5.41, 5.74) is 0.0896. The topological polar surface area (TPSA) is 4.36 Å². The minimum absolute atomic E-state index is 0.182. The first-order valence-electron chi connectivity index (χ1n) is 3.77. The normalized spacial score (nSPS) is 11.2. The van der Waals surface area contributed by atoms with Gasteiger partial charge in [-0.25, -0.2) is 6.57 Å². The third-order valence-electron chi connectivity index (χ3n) is 1.27. The van der Waals surface area contributed by atoms with Crippen LogP contribution in [0.15, 0.2) is 0 Å².